The van der Waals surface area contributed by atoms with Gasteiger partial charge in [0.1, 0.15) is 6.04 Å². The SMILES string of the molecule is CCc1ccc([C@H]([NH2+][C@H](C)C(=O)NC(=O)OC)c2cccs2)cc1. The molecule has 128 valence electrons. The third kappa shape index (κ3) is 4.66. The summed E-state index contributed by atoms with van der Waals surface area (Å²) in [5.41, 5.74) is 2.41. The average molecular weight is 347 g/mol. The van der Waals surface area contributed by atoms with E-state index in [1.165, 1.54) is 12.7 Å². The number of benzene rings is 1. The van der Waals surface area contributed by atoms with Crippen LogP contribution in [0.3, 0.4) is 0 Å². The zero-order valence-electron chi connectivity index (χ0n) is 14.1. The molecule has 0 saturated heterocycles. The highest BCUT2D eigenvalue weighted by Crippen LogP contribution is 2.23. The molecule has 0 saturated carbocycles. The molecule has 0 aliphatic carbocycles. The van der Waals surface area contributed by atoms with Gasteiger partial charge in [-0.3, -0.25) is 10.1 Å². The molecular formula is C18H23N2O3S+. The summed E-state index contributed by atoms with van der Waals surface area (Å²) >= 11 is 1.65. The summed E-state index contributed by atoms with van der Waals surface area (Å²) in [7, 11) is 1.24. The molecule has 1 aromatic carbocycles. The molecular weight excluding hydrogens is 324 g/mol. The van der Waals surface area contributed by atoms with Crippen LogP contribution in [-0.2, 0) is 16.0 Å². The Labute approximate surface area is 146 Å². The number of amides is 2. The Kier molecular flexibility index (Phi) is 6.52. The summed E-state index contributed by atoms with van der Waals surface area (Å²) in [5, 5.41) is 6.21. The molecule has 0 bridgehead atoms. The fourth-order valence-electron chi connectivity index (χ4n) is 2.44. The lowest BCUT2D eigenvalue weighted by molar-refractivity contribution is -0.704. The van der Waals surface area contributed by atoms with Gasteiger partial charge >= 0.3 is 6.09 Å². The summed E-state index contributed by atoms with van der Waals surface area (Å²) < 4.78 is 4.48. The molecule has 5 nitrogen and oxygen atoms in total. The van der Waals surface area contributed by atoms with Gasteiger partial charge in [-0.25, -0.2) is 4.79 Å². The second-order valence-corrected chi connectivity index (χ2v) is 6.53. The number of aryl methyl sites for hydroxylation is 1. The predicted octanol–water partition coefficient (Wildman–Crippen LogP) is 2.23. The fraction of sp³-hybridized carbons (Fsp3) is 0.333. The molecule has 2 atom stereocenters. The van der Waals surface area contributed by atoms with Crippen molar-refractivity contribution in [2.75, 3.05) is 7.11 Å². The van der Waals surface area contributed by atoms with Crippen LogP contribution in [-0.4, -0.2) is 25.2 Å². The van der Waals surface area contributed by atoms with Gasteiger partial charge < -0.3 is 10.1 Å². The minimum atomic E-state index is -0.736. The van der Waals surface area contributed by atoms with Gasteiger partial charge in [-0.1, -0.05) is 37.3 Å². The molecule has 1 heterocycles. The quantitative estimate of drug-likeness (QED) is 0.842. The number of methoxy groups -OCH3 is 1. The fourth-order valence-corrected chi connectivity index (χ4v) is 3.27. The highest BCUT2D eigenvalue weighted by Gasteiger charge is 2.26. The number of ether oxygens (including phenoxy) is 1. The summed E-state index contributed by atoms with van der Waals surface area (Å²) in [4.78, 5) is 24.5. The van der Waals surface area contributed by atoms with Gasteiger partial charge in [-0.05, 0) is 30.4 Å². The Balaban J connectivity index is 2.17. The van der Waals surface area contributed by atoms with E-state index in [2.05, 4.69) is 47.3 Å². The van der Waals surface area contributed by atoms with Crippen molar-refractivity contribution in [3.05, 3.63) is 57.8 Å². The van der Waals surface area contributed by atoms with E-state index in [0.717, 1.165) is 16.9 Å². The van der Waals surface area contributed by atoms with Crippen molar-refractivity contribution >= 4 is 23.3 Å². The van der Waals surface area contributed by atoms with E-state index in [-0.39, 0.29) is 11.9 Å². The van der Waals surface area contributed by atoms with Crippen LogP contribution in [0, 0.1) is 0 Å². The minimum absolute atomic E-state index is 0.00861. The number of thiophene rings is 1. The number of hydrogen-bond donors (Lipinski definition) is 2. The Bertz CT molecular complexity index is 668. The number of hydrogen-bond acceptors (Lipinski definition) is 4. The summed E-state index contributed by atoms with van der Waals surface area (Å²) in [6.45, 7) is 3.90. The molecule has 3 N–H and O–H groups in total. The summed E-state index contributed by atoms with van der Waals surface area (Å²) in [5.74, 6) is -0.367. The van der Waals surface area contributed by atoms with Crippen molar-refractivity contribution in [2.24, 2.45) is 0 Å². The van der Waals surface area contributed by atoms with Crippen molar-refractivity contribution in [3.63, 3.8) is 0 Å². The lowest BCUT2D eigenvalue weighted by Crippen LogP contribution is -2.92. The van der Waals surface area contributed by atoms with Crippen LogP contribution in [0.2, 0.25) is 0 Å². The maximum Gasteiger partial charge on any atom is 0.413 e. The first-order chi connectivity index (χ1) is 11.5. The van der Waals surface area contributed by atoms with Crippen LogP contribution in [0.1, 0.15) is 35.9 Å². The maximum absolute atomic E-state index is 12.1. The smallest absolute Gasteiger partial charge is 0.413 e. The topological polar surface area (TPSA) is 72.0 Å². The van der Waals surface area contributed by atoms with Gasteiger partial charge in [0, 0.05) is 5.56 Å². The first-order valence-corrected chi connectivity index (χ1v) is 8.79. The predicted molar refractivity (Wildman–Crippen MR) is 93.9 cm³/mol. The zero-order chi connectivity index (χ0) is 17.5. The molecule has 0 aliphatic heterocycles. The molecule has 0 spiro atoms. The van der Waals surface area contributed by atoms with E-state index >= 15 is 0 Å². The van der Waals surface area contributed by atoms with Crippen molar-refractivity contribution in [1.29, 1.82) is 0 Å². The van der Waals surface area contributed by atoms with Crippen LogP contribution in [0.5, 0.6) is 0 Å². The number of alkyl carbamates (subject to hydrolysis) is 1. The Morgan fingerprint density at radius 3 is 2.50 bits per heavy atom. The van der Waals surface area contributed by atoms with E-state index in [1.807, 2.05) is 16.8 Å². The highest BCUT2D eigenvalue weighted by atomic mass is 32.1. The van der Waals surface area contributed by atoms with E-state index in [9.17, 15) is 9.59 Å². The highest BCUT2D eigenvalue weighted by molar-refractivity contribution is 7.10. The third-order valence-corrected chi connectivity index (χ3v) is 4.86. The van der Waals surface area contributed by atoms with Crippen LogP contribution in [0.4, 0.5) is 4.79 Å². The number of rotatable bonds is 6. The molecule has 2 aromatic rings. The maximum atomic E-state index is 12.1. The zero-order valence-corrected chi connectivity index (χ0v) is 14.9. The monoisotopic (exact) mass is 347 g/mol. The van der Waals surface area contributed by atoms with Crippen LogP contribution in [0.15, 0.2) is 41.8 Å². The molecule has 1 aromatic heterocycles. The first kappa shape index (κ1) is 18.2. The summed E-state index contributed by atoms with van der Waals surface area (Å²) in [6.07, 6.45) is 0.256. The number of quaternary nitrogens is 1. The molecule has 2 rings (SSSR count). The Morgan fingerprint density at radius 2 is 1.96 bits per heavy atom. The van der Waals surface area contributed by atoms with Crippen LogP contribution >= 0.6 is 11.3 Å². The van der Waals surface area contributed by atoms with Crippen LogP contribution < -0.4 is 10.6 Å². The lowest BCUT2D eigenvalue weighted by Gasteiger charge is -2.19. The van der Waals surface area contributed by atoms with Crippen molar-refractivity contribution in [3.8, 4) is 0 Å². The molecule has 0 unspecified atom stereocenters. The number of carbonyl (C=O) groups is 2. The number of carbonyl (C=O) groups excluding carboxylic acids is 2. The standard InChI is InChI=1S/C18H22N2O3S/c1-4-13-7-9-14(10-8-13)16(15-6-5-11-24-15)19-12(2)17(21)20-18(22)23-3/h5-12,16,19H,4H2,1-3H3,(H,20,21,22)/p+1/t12-,16+/m1/s1. The largest absolute Gasteiger partial charge is 0.453 e. The van der Waals surface area contributed by atoms with E-state index in [0.29, 0.717) is 0 Å². The van der Waals surface area contributed by atoms with Crippen molar-refractivity contribution in [2.45, 2.75) is 32.4 Å². The molecule has 24 heavy (non-hydrogen) atoms. The minimum Gasteiger partial charge on any atom is -0.453 e. The van der Waals surface area contributed by atoms with E-state index < -0.39 is 12.1 Å². The second-order valence-electron chi connectivity index (χ2n) is 5.55. The third-order valence-electron chi connectivity index (χ3n) is 3.90. The molecule has 0 aliphatic rings. The van der Waals surface area contributed by atoms with Gasteiger partial charge in [-0.2, -0.15) is 0 Å². The van der Waals surface area contributed by atoms with E-state index in [4.69, 9.17) is 0 Å². The van der Waals surface area contributed by atoms with Gasteiger partial charge in [0.05, 0.1) is 12.0 Å². The number of nitrogens with two attached hydrogens (primary N) is 1. The number of nitrogens with one attached hydrogen (secondary N) is 1. The molecule has 2 amide bonds. The van der Waals surface area contributed by atoms with Gasteiger partial charge in [0.15, 0.2) is 6.04 Å². The van der Waals surface area contributed by atoms with Gasteiger partial charge in [0.25, 0.3) is 5.91 Å². The molecule has 6 heteroatoms. The first-order valence-electron chi connectivity index (χ1n) is 7.91. The van der Waals surface area contributed by atoms with Gasteiger partial charge in [-0.15, -0.1) is 11.3 Å². The number of imide groups is 1. The Hall–Kier alpha value is -2.18. The van der Waals surface area contributed by atoms with Crippen molar-refractivity contribution in [1.82, 2.24) is 5.32 Å². The lowest BCUT2D eigenvalue weighted by atomic mass is 10.0. The summed E-state index contributed by atoms with van der Waals surface area (Å²) in [6, 6.07) is 12.1. The van der Waals surface area contributed by atoms with Crippen molar-refractivity contribution < 1.29 is 19.6 Å². The molecule has 0 fully saturated rings. The Morgan fingerprint density at radius 1 is 1.25 bits per heavy atom. The second kappa shape index (κ2) is 8.61. The van der Waals surface area contributed by atoms with Crippen LogP contribution in [0.25, 0.3) is 0 Å². The van der Waals surface area contributed by atoms with E-state index in [1.54, 1.807) is 18.3 Å². The van der Waals surface area contributed by atoms with Gasteiger partial charge in [0.2, 0.25) is 0 Å². The normalized spacial score (nSPS) is 13.1. The average Bonchev–Trinajstić information content (AvgIpc) is 3.13. The molecule has 0 radical (unpaired) electrons.